The van der Waals surface area contributed by atoms with Gasteiger partial charge in [-0.05, 0) is 38.3 Å². The smallest absolute Gasteiger partial charge is 0.290 e. The molecule has 0 saturated carbocycles. The Labute approximate surface area is 125 Å². The molecule has 5 nitrogen and oxygen atoms in total. The van der Waals surface area contributed by atoms with E-state index in [-0.39, 0.29) is 6.47 Å². The molecule has 2 bridgehead atoms. The predicted molar refractivity (Wildman–Crippen MR) is 80.3 cm³/mol. The van der Waals surface area contributed by atoms with Gasteiger partial charge in [0, 0.05) is 24.3 Å². The maximum absolute atomic E-state index is 8.36. The third kappa shape index (κ3) is 3.42. The van der Waals surface area contributed by atoms with Gasteiger partial charge in [-0.2, -0.15) is 0 Å². The minimum absolute atomic E-state index is 0.250. The van der Waals surface area contributed by atoms with E-state index >= 15 is 0 Å². The molecule has 1 aromatic heterocycles. The predicted octanol–water partition coefficient (Wildman–Crippen LogP) is 2.50. The lowest BCUT2D eigenvalue weighted by molar-refractivity contribution is -0.122. The molecule has 0 spiro atoms. The zero-order valence-corrected chi connectivity index (χ0v) is 12.5. The first-order valence-corrected chi connectivity index (χ1v) is 7.28. The van der Waals surface area contributed by atoms with Gasteiger partial charge in [0.2, 0.25) is 5.88 Å². The summed E-state index contributed by atoms with van der Waals surface area (Å²) in [7, 11) is 2.22. The lowest BCUT2D eigenvalue weighted by Crippen LogP contribution is -2.44. The molecule has 3 unspecified atom stereocenters. The first kappa shape index (κ1) is 15.5. The highest BCUT2D eigenvalue weighted by Crippen LogP contribution is 2.42. The Bertz CT molecular complexity index is 487. The number of aromatic nitrogens is 1. The molecule has 0 amide bonds. The molecule has 1 saturated heterocycles. The summed E-state index contributed by atoms with van der Waals surface area (Å²) < 4.78 is 5.40. The van der Waals surface area contributed by atoms with Crippen molar-refractivity contribution >= 4 is 6.47 Å². The van der Waals surface area contributed by atoms with Crippen LogP contribution in [0.5, 0.6) is 5.88 Å². The van der Waals surface area contributed by atoms with Gasteiger partial charge in [-0.25, -0.2) is 4.98 Å². The van der Waals surface area contributed by atoms with Gasteiger partial charge >= 0.3 is 0 Å². The molecule has 1 aliphatic carbocycles. The van der Waals surface area contributed by atoms with Crippen LogP contribution in [0.4, 0.5) is 0 Å². The van der Waals surface area contributed by atoms with Crippen molar-refractivity contribution in [2.75, 3.05) is 13.7 Å². The van der Waals surface area contributed by atoms with Crippen LogP contribution in [-0.2, 0) is 4.79 Å². The number of hydrogen-bond donors (Lipinski definition) is 1. The number of hydrogen-bond acceptors (Lipinski definition) is 4. The van der Waals surface area contributed by atoms with Crippen molar-refractivity contribution < 1.29 is 14.6 Å². The Morgan fingerprint density at radius 1 is 1.43 bits per heavy atom. The molecular formula is C16H22N2O3. The van der Waals surface area contributed by atoms with Crippen LogP contribution in [-0.4, -0.2) is 41.2 Å². The maximum Gasteiger partial charge on any atom is 0.290 e. The van der Waals surface area contributed by atoms with Crippen LogP contribution in [0.1, 0.15) is 31.4 Å². The molecule has 0 radical (unpaired) electrons. The van der Waals surface area contributed by atoms with Crippen molar-refractivity contribution in [2.24, 2.45) is 5.92 Å². The number of carboxylic acid groups (broad SMARTS) is 1. The highest BCUT2D eigenvalue weighted by atomic mass is 16.5. The van der Waals surface area contributed by atoms with E-state index in [0.717, 1.165) is 5.88 Å². The maximum atomic E-state index is 8.36. The third-order valence-corrected chi connectivity index (χ3v) is 4.14. The molecule has 4 rings (SSSR count). The number of carbonyl (C=O) groups is 1. The van der Waals surface area contributed by atoms with Gasteiger partial charge < -0.3 is 9.84 Å². The van der Waals surface area contributed by atoms with Crippen LogP contribution in [0.2, 0.25) is 0 Å². The number of rotatable bonds is 3. The van der Waals surface area contributed by atoms with Crippen LogP contribution in [0.25, 0.3) is 0 Å². The van der Waals surface area contributed by atoms with Crippen molar-refractivity contribution in [3.8, 4) is 5.88 Å². The summed E-state index contributed by atoms with van der Waals surface area (Å²) in [5, 5.41) is 6.89. The van der Waals surface area contributed by atoms with Gasteiger partial charge in [0.15, 0.2) is 0 Å². The summed E-state index contributed by atoms with van der Waals surface area (Å²) in [5.74, 6) is 1.36. The number of ether oxygens (including phenoxy) is 1. The van der Waals surface area contributed by atoms with Crippen molar-refractivity contribution in [3.05, 3.63) is 36.0 Å². The molecule has 5 heteroatoms. The monoisotopic (exact) mass is 290 g/mol. The average Bonchev–Trinajstić information content (AvgIpc) is 2.51. The Morgan fingerprint density at radius 3 is 2.67 bits per heavy atom. The highest BCUT2D eigenvalue weighted by molar-refractivity contribution is 5.32. The number of pyridine rings is 1. The Hall–Kier alpha value is -1.88. The van der Waals surface area contributed by atoms with E-state index in [0.29, 0.717) is 24.6 Å². The van der Waals surface area contributed by atoms with E-state index in [9.17, 15) is 0 Å². The molecule has 3 aliphatic rings. The van der Waals surface area contributed by atoms with Crippen molar-refractivity contribution in [3.63, 3.8) is 0 Å². The molecule has 1 N–H and O–H groups in total. The number of piperidine rings is 1. The third-order valence-electron chi connectivity index (χ3n) is 4.14. The molecule has 0 aromatic carbocycles. The van der Waals surface area contributed by atoms with Gasteiger partial charge in [-0.1, -0.05) is 18.2 Å². The van der Waals surface area contributed by atoms with Crippen molar-refractivity contribution in [1.29, 1.82) is 0 Å². The largest absolute Gasteiger partial charge is 0.483 e. The molecule has 3 atom stereocenters. The minimum atomic E-state index is -0.250. The summed E-state index contributed by atoms with van der Waals surface area (Å²) in [4.78, 5) is 15.2. The second kappa shape index (κ2) is 7.22. The number of fused-ring (bicyclic) bond motifs is 2. The van der Waals surface area contributed by atoms with Crippen LogP contribution in [0, 0.1) is 5.92 Å². The fraction of sp³-hybridized carbons (Fsp3) is 0.500. The molecule has 3 heterocycles. The van der Waals surface area contributed by atoms with Gasteiger partial charge in [0.25, 0.3) is 6.47 Å². The summed E-state index contributed by atoms with van der Waals surface area (Å²) >= 11 is 0. The SMILES string of the molecule is CCOc1ccc(C2C3C=CC(CC3)N2C)cn1.O=CO. The standard InChI is InChI=1S/C15H20N2O.CH2O2/c1-3-18-14-9-6-12(10-16-14)15-11-4-7-13(8-5-11)17(15)2;2-1-3/h4,6-7,9-11,13,15H,3,5,8H2,1-2H3;1H,(H,2,3). The van der Waals surface area contributed by atoms with E-state index in [1.807, 2.05) is 19.2 Å². The van der Waals surface area contributed by atoms with E-state index in [4.69, 9.17) is 14.6 Å². The summed E-state index contributed by atoms with van der Waals surface area (Å²) in [6, 6.07) is 5.23. The van der Waals surface area contributed by atoms with Crippen molar-refractivity contribution in [1.82, 2.24) is 9.88 Å². The first-order valence-electron chi connectivity index (χ1n) is 7.28. The van der Waals surface area contributed by atoms with E-state index in [1.165, 1.54) is 18.4 Å². The average molecular weight is 290 g/mol. The van der Waals surface area contributed by atoms with Gasteiger partial charge in [-0.15, -0.1) is 0 Å². The van der Waals surface area contributed by atoms with Crippen LogP contribution < -0.4 is 4.74 Å². The van der Waals surface area contributed by atoms with E-state index < -0.39 is 0 Å². The molecular weight excluding hydrogens is 268 g/mol. The van der Waals surface area contributed by atoms with Crippen molar-refractivity contribution in [2.45, 2.75) is 31.8 Å². The number of likely N-dealkylation sites (N-methyl/N-ethyl adjacent to an activating group) is 1. The summed E-state index contributed by atoms with van der Waals surface area (Å²) in [6.07, 6.45) is 9.30. The van der Waals surface area contributed by atoms with E-state index in [1.54, 1.807) is 0 Å². The lowest BCUT2D eigenvalue weighted by atomic mass is 9.78. The summed E-state index contributed by atoms with van der Waals surface area (Å²) in [6.45, 7) is 2.40. The van der Waals surface area contributed by atoms with Crippen LogP contribution in [0.15, 0.2) is 30.5 Å². The number of nitrogens with zero attached hydrogens (tertiary/aromatic N) is 2. The fourth-order valence-corrected chi connectivity index (χ4v) is 3.22. The molecule has 21 heavy (non-hydrogen) atoms. The van der Waals surface area contributed by atoms with Gasteiger partial charge in [0.1, 0.15) is 0 Å². The quantitative estimate of drug-likeness (QED) is 0.684. The zero-order chi connectivity index (χ0) is 15.2. The second-order valence-corrected chi connectivity index (χ2v) is 5.27. The molecule has 1 fully saturated rings. The Kier molecular flexibility index (Phi) is 5.33. The lowest BCUT2D eigenvalue weighted by Gasteiger charge is -2.46. The van der Waals surface area contributed by atoms with Gasteiger partial charge in [0.05, 0.1) is 6.61 Å². The highest BCUT2D eigenvalue weighted by Gasteiger charge is 2.37. The summed E-state index contributed by atoms with van der Waals surface area (Å²) in [5.41, 5.74) is 1.31. The topological polar surface area (TPSA) is 62.7 Å². The Balaban J connectivity index is 0.000000497. The Morgan fingerprint density at radius 2 is 2.19 bits per heavy atom. The van der Waals surface area contributed by atoms with Crippen LogP contribution >= 0.6 is 0 Å². The van der Waals surface area contributed by atoms with Gasteiger partial charge in [-0.3, -0.25) is 9.69 Å². The fourth-order valence-electron chi connectivity index (χ4n) is 3.22. The molecule has 1 aromatic rings. The first-order chi connectivity index (χ1) is 10.2. The minimum Gasteiger partial charge on any atom is -0.483 e. The second-order valence-electron chi connectivity index (χ2n) is 5.27. The zero-order valence-electron chi connectivity index (χ0n) is 12.5. The molecule has 2 aliphatic heterocycles. The normalized spacial score (nSPS) is 26.9. The molecule has 114 valence electrons. The van der Waals surface area contributed by atoms with E-state index in [2.05, 4.69) is 35.1 Å². The van der Waals surface area contributed by atoms with Crippen LogP contribution in [0.3, 0.4) is 0 Å².